The minimum absolute atomic E-state index is 0.125. The van der Waals surface area contributed by atoms with E-state index >= 15 is 0 Å². The quantitative estimate of drug-likeness (QED) is 0.407. The van der Waals surface area contributed by atoms with Crippen molar-refractivity contribution in [1.82, 2.24) is 9.97 Å². The van der Waals surface area contributed by atoms with E-state index in [0.717, 1.165) is 11.1 Å². The number of hydrogen-bond donors (Lipinski definition) is 1. The number of rotatable bonds is 6. The molecule has 0 aliphatic rings. The van der Waals surface area contributed by atoms with Crippen LogP contribution >= 0.6 is 11.6 Å². The zero-order valence-corrected chi connectivity index (χ0v) is 14.0. The van der Waals surface area contributed by atoms with Crippen molar-refractivity contribution in [2.75, 3.05) is 5.32 Å². The molecule has 1 heterocycles. The van der Waals surface area contributed by atoms with E-state index < -0.39 is 4.92 Å². The third-order valence-electron chi connectivity index (χ3n) is 3.58. The maximum atomic E-state index is 11.3. The number of nitrogens with zero attached hydrogens (tertiary/aromatic N) is 3. The predicted molar refractivity (Wildman–Crippen MR) is 96.7 cm³/mol. The maximum Gasteiger partial charge on any atom is 0.348 e. The Morgan fingerprint density at radius 2 is 1.56 bits per heavy atom. The van der Waals surface area contributed by atoms with E-state index in [1.807, 2.05) is 60.7 Å². The molecule has 0 fully saturated rings. The van der Waals surface area contributed by atoms with E-state index in [4.69, 9.17) is 11.6 Å². The fourth-order valence-electron chi connectivity index (χ4n) is 2.40. The van der Waals surface area contributed by atoms with E-state index in [-0.39, 0.29) is 16.7 Å². The number of anilines is 1. The van der Waals surface area contributed by atoms with Crippen LogP contribution in [0.25, 0.3) is 0 Å². The molecule has 2 aromatic carbocycles. The lowest BCUT2D eigenvalue weighted by atomic mass is 10.1. The highest BCUT2D eigenvalue weighted by Crippen LogP contribution is 2.30. The zero-order valence-electron chi connectivity index (χ0n) is 13.2. The van der Waals surface area contributed by atoms with Crippen molar-refractivity contribution < 1.29 is 4.92 Å². The molecule has 1 N–H and O–H groups in total. The molecule has 0 bridgehead atoms. The number of hydrogen-bond acceptors (Lipinski definition) is 5. The molecule has 0 unspecified atom stereocenters. The second kappa shape index (κ2) is 7.72. The van der Waals surface area contributed by atoms with Crippen LogP contribution in [0.1, 0.15) is 17.0 Å². The monoisotopic (exact) mass is 354 g/mol. The van der Waals surface area contributed by atoms with Gasteiger partial charge >= 0.3 is 5.69 Å². The average Bonchev–Trinajstić information content (AvgIpc) is 2.61. The van der Waals surface area contributed by atoms with Crippen LogP contribution in [-0.4, -0.2) is 14.9 Å². The van der Waals surface area contributed by atoms with Gasteiger partial charge in [-0.25, -0.2) is 9.97 Å². The van der Waals surface area contributed by atoms with Crippen molar-refractivity contribution in [2.45, 2.75) is 13.0 Å². The number of aromatic nitrogens is 2. The number of halogens is 1. The lowest BCUT2D eigenvalue weighted by Gasteiger charge is -2.09. The summed E-state index contributed by atoms with van der Waals surface area (Å²) in [6.45, 7) is 0.403. The van der Waals surface area contributed by atoms with Crippen molar-refractivity contribution in [3.63, 3.8) is 0 Å². The van der Waals surface area contributed by atoms with E-state index in [1.165, 1.54) is 0 Å². The largest absolute Gasteiger partial charge is 0.360 e. The summed E-state index contributed by atoms with van der Waals surface area (Å²) < 4.78 is 0. The molecule has 0 saturated heterocycles. The van der Waals surface area contributed by atoms with Crippen molar-refractivity contribution in [3.05, 3.63) is 92.9 Å². The molecule has 0 amide bonds. The molecule has 25 heavy (non-hydrogen) atoms. The summed E-state index contributed by atoms with van der Waals surface area (Å²) in [6, 6.07) is 19.2. The molecule has 0 atom stereocenters. The van der Waals surface area contributed by atoms with E-state index in [0.29, 0.717) is 18.8 Å². The molecule has 3 aromatic rings. The zero-order chi connectivity index (χ0) is 17.6. The van der Waals surface area contributed by atoms with Gasteiger partial charge in [0.05, 0.1) is 4.92 Å². The van der Waals surface area contributed by atoms with Crippen LogP contribution in [-0.2, 0) is 13.0 Å². The van der Waals surface area contributed by atoms with Crippen LogP contribution in [0.5, 0.6) is 0 Å². The summed E-state index contributed by atoms with van der Waals surface area (Å²) in [5.74, 6) is 0.553. The van der Waals surface area contributed by atoms with Crippen LogP contribution in [0, 0.1) is 10.1 Å². The van der Waals surface area contributed by atoms with Gasteiger partial charge in [0.2, 0.25) is 11.0 Å². The van der Waals surface area contributed by atoms with Crippen LogP contribution in [0.15, 0.2) is 60.7 Å². The fraction of sp³-hybridized carbons (Fsp3) is 0.111. The molecule has 0 radical (unpaired) electrons. The first-order chi connectivity index (χ1) is 12.1. The molecule has 0 saturated carbocycles. The SMILES string of the molecule is O=[N+]([O-])c1c(Cl)nc(Cc2ccccc2)nc1NCc1ccccc1. The Morgan fingerprint density at radius 1 is 0.960 bits per heavy atom. The highest BCUT2D eigenvalue weighted by molar-refractivity contribution is 6.31. The highest BCUT2D eigenvalue weighted by Gasteiger charge is 2.23. The minimum Gasteiger partial charge on any atom is -0.360 e. The molecule has 7 heteroatoms. The molecule has 6 nitrogen and oxygen atoms in total. The Bertz CT molecular complexity index is 873. The molecular weight excluding hydrogens is 340 g/mol. The maximum absolute atomic E-state index is 11.3. The van der Waals surface area contributed by atoms with E-state index in [1.54, 1.807) is 0 Å². The Balaban J connectivity index is 1.89. The topological polar surface area (TPSA) is 81.0 Å². The van der Waals surface area contributed by atoms with Gasteiger partial charge in [-0.05, 0) is 11.1 Å². The lowest BCUT2D eigenvalue weighted by molar-refractivity contribution is -0.384. The second-order valence-corrected chi connectivity index (χ2v) is 5.74. The highest BCUT2D eigenvalue weighted by atomic mass is 35.5. The number of benzene rings is 2. The van der Waals surface area contributed by atoms with Gasteiger partial charge < -0.3 is 5.32 Å². The summed E-state index contributed by atoms with van der Waals surface area (Å²) in [5.41, 5.74) is 1.67. The Kier molecular flexibility index (Phi) is 5.20. The van der Waals surface area contributed by atoms with Gasteiger partial charge in [-0.2, -0.15) is 0 Å². The molecule has 3 rings (SSSR count). The van der Waals surface area contributed by atoms with Gasteiger partial charge in [-0.15, -0.1) is 0 Å². The van der Waals surface area contributed by atoms with Gasteiger partial charge in [0.1, 0.15) is 5.82 Å². The normalized spacial score (nSPS) is 10.4. The third-order valence-corrected chi connectivity index (χ3v) is 3.84. The van der Waals surface area contributed by atoms with Gasteiger partial charge in [0.25, 0.3) is 0 Å². The predicted octanol–water partition coefficient (Wildman–Crippen LogP) is 4.24. The first-order valence-corrected chi connectivity index (χ1v) is 8.04. The first kappa shape index (κ1) is 16.9. The van der Waals surface area contributed by atoms with E-state index in [9.17, 15) is 10.1 Å². The van der Waals surface area contributed by atoms with Crippen LogP contribution in [0.2, 0.25) is 5.15 Å². The van der Waals surface area contributed by atoms with Gasteiger partial charge in [0.15, 0.2) is 0 Å². The molecule has 0 aliphatic heterocycles. The second-order valence-electron chi connectivity index (χ2n) is 5.39. The Hall–Kier alpha value is -2.99. The molecule has 126 valence electrons. The number of nitrogens with one attached hydrogen (secondary N) is 1. The smallest absolute Gasteiger partial charge is 0.348 e. The summed E-state index contributed by atoms with van der Waals surface area (Å²) in [4.78, 5) is 19.2. The van der Waals surface area contributed by atoms with Gasteiger partial charge in [0, 0.05) is 13.0 Å². The van der Waals surface area contributed by atoms with Crippen LogP contribution in [0.3, 0.4) is 0 Å². The molecule has 0 aliphatic carbocycles. The van der Waals surface area contributed by atoms with Crippen molar-refractivity contribution in [1.29, 1.82) is 0 Å². The standard InChI is InChI=1S/C18H15ClN4O2/c19-17-16(23(24)25)18(20-12-14-9-5-2-6-10-14)22-15(21-17)11-13-7-3-1-4-8-13/h1-10H,11-12H2,(H,20,21,22). The molecule has 1 aromatic heterocycles. The minimum atomic E-state index is -0.568. The van der Waals surface area contributed by atoms with Gasteiger partial charge in [-0.3, -0.25) is 10.1 Å². The first-order valence-electron chi connectivity index (χ1n) is 7.66. The summed E-state index contributed by atoms with van der Waals surface area (Å²) in [5, 5.41) is 14.2. The van der Waals surface area contributed by atoms with Crippen molar-refractivity contribution in [2.24, 2.45) is 0 Å². The summed E-state index contributed by atoms with van der Waals surface area (Å²) >= 11 is 6.04. The average molecular weight is 355 g/mol. The summed E-state index contributed by atoms with van der Waals surface area (Å²) in [6.07, 6.45) is 0.443. The Labute approximate surface area is 149 Å². The molecule has 0 spiro atoms. The summed E-state index contributed by atoms with van der Waals surface area (Å²) in [7, 11) is 0. The van der Waals surface area contributed by atoms with E-state index in [2.05, 4.69) is 15.3 Å². The fourth-order valence-corrected chi connectivity index (χ4v) is 2.65. The number of nitro groups is 1. The van der Waals surface area contributed by atoms with Crippen molar-refractivity contribution >= 4 is 23.1 Å². The van der Waals surface area contributed by atoms with Gasteiger partial charge in [-0.1, -0.05) is 72.3 Å². The van der Waals surface area contributed by atoms with Crippen LogP contribution < -0.4 is 5.32 Å². The van der Waals surface area contributed by atoms with Crippen molar-refractivity contribution in [3.8, 4) is 0 Å². The third kappa shape index (κ3) is 4.30. The van der Waals surface area contributed by atoms with Crippen LogP contribution in [0.4, 0.5) is 11.5 Å². The molecular formula is C18H15ClN4O2. The lowest BCUT2D eigenvalue weighted by Crippen LogP contribution is -2.09. The Morgan fingerprint density at radius 3 is 2.16 bits per heavy atom.